The smallest absolute Gasteiger partial charge is 0.274 e. The Balaban J connectivity index is 1.74. The van der Waals surface area contributed by atoms with Crippen LogP contribution in [0.25, 0.3) is 0 Å². The molecule has 2 aromatic carbocycles. The molecule has 5 heteroatoms. The second kappa shape index (κ2) is 7.40. The van der Waals surface area contributed by atoms with Gasteiger partial charge < -0.3 is 10.6 Å². The van der Waals surface area contributed by atoms with Crippen molar-refractivity contribution in [1.29, 1.82) is 0 Å². The number of aryl methyl sites for hydroxylation is 1. The van der Waals surface area contributed by atoms with Gasteiger partial charge in [-0.2, -0.15) is 0 Å². The monoisotopic (exact) mass is 331 g/mol. The molecule has 0 unspecified atom stereocenters. The number of carbonyl (C=O) groups is 2. The summed E-state index contributed by atoms with van der Waals surface area (Å²) in [6, 6.07) is 19.7. The van der Waals surface area contributed by atoms with Crippen molar-refractivity contribution < 1.29 is 9.59 Å². The van der Waals surface area contributed by atoms with Crippen LogP contribution in [0.3, 0.4) is 0 Å². The maximum Gasteiger partial charge on any atom is 0.274 e. The van der Waals surface area contributed by atoms with Crippen LogP contribution in [0, 0.1) is 6.92 Å². The van der Waals surface area contributed by atoms with Crippen LogP contribution >= 0.6 is 0 Å². The summed E-state index contributed by atoms with van der Waals surface area (Å²) in [7, 11) is 0. The van der Waals surface area contributed by atoms with E-state index in [-0.39, 0.29) is 17.5 Å². The van der Waals surface area contributed by atoms with Crippen molar-refractivity contribution in [2.24, 2.45) is 0 Å². The second-order valence-electron chi connectivity index (χ2n) is 5.57. The molecule has 0 saturated heterocycles. The van der Waals surface area contributed by atoms with Gasteiger partial charge in [-0.05, 0) is 48.9 Å². The zero-order valence-corrected chi connectivity index (χ0v) is 13.7. The number of anilines is 2. The number of rotatable bonds is 4. The van der Waals surface area contributed by atoms with Crippen molar-refractivity contribution in [2.45, 2.75) is 6.92 Å². The number of nitrogens with one attached hydrogen (secondary N) is 2. The Morgan fingerprint density at radius 3 is 2.28 bits per heavy atom. The maximum absolute atomic E-state index is 12.4. The van der Waals surface area contributed by atoms with Gasteiger partial charge in [-0.15, -0.1) is 0 Å². The number of pyridine rings is 1. The lowest BCUT2D eigenvalue weighted by Crippen LogP contribution is -2.17. The van der Waals surface area contributed by atoms with E-state index < -0.39 is 0 Å². The highest BCUT2D eigenvalue weighted by molar-refractivity contribution is 6.07. The number of nitrogens with zero attached hydrogens (tertiary/aromatic N) is 1. The average molecular weight is 331 g/mol. The first kappa shape index (κ1) is 16.4. The van der Waals surface area contributed by atoms with Gasteiger partial charge >= 0.3 is 0 Å². The Labute approximate surface area is 145 Å². The molecule has 0 aliphatic rings. The minimum absolute atomic E-state index is 0.181. The van der Waals surface area contributed by atoms with E-state index in [1.807, 2.05) is 49.4 Å². The molecule has 0 atom stereocenters. The number of carbonyl (C=O) groups excluding carboxylic acids is 2. The summed E-state index contributed by atoms with van der Waals surface area (Å²) < 4.78 is 0. The fourth-order valence-electron chi connectivity index (χ4n) is 2.34. The molecule has 3 aromatic rings. The molecule has 0 saturated carbocycles. The van der Waals surface area contributed by atoms with Gasteiger partial charge in [0.25, 0.3) is 11.8 Å². The summed E-state index contributed by atoms with van der Waals surface area (Å²) in [5, 5.41) is 5.56. The van der Waals surface area contributed by atoms with Crippen LogP contribution in [0.4, 0.5) is 11.4 Å². The number of para-hydroxylation sites is 1. The van der Waals surface area contributed by atoms with Crippen molar-refractivity contribution in [3.8, 4) is 0 Å². The van der Waals surface area contributed by atoms with E-state index in [2.05, 4.69) is 15.6 Å². The zero-order chi connectivity index (χ0) is 17.6. The Kier molecular flexibility index (Phi) is 4.85. The van der Waals surface area contributed by atoms with E-state index >= 15 is 0 Å². The van der Waals surface area contributed by atoms with Crippen LogP contribution in [0.2, 0.25) is 0 Å². The van der Waals surface area contributed by atoms with Gasteiger partial charge in [0.2, 0.25) is 0 Å². The van der Waals surface area contributed by atoms with Gasteiger partial charge in [0.1, 0.15) is 5.69 Å². The molecule has 2 N–H and O–H groups in total. The molecule has 0 fully saturated rings. The van der Waals surface area contributed by atoms with Crippen molar-refractivity contribution in [3.05, 3.63) is 89.7 Å². The SMILES string of the molecule is Cc1cccc(NC(=O)c2ccnc(C(=O)Nc3ccccc3)c2)c1. The number of benzene rings is 2. The molecular formula is C20H17N3O2. The van der Waals surface area contributed by atoms with Crippen LogP contribution in [0.5, 0.6) is 0 Å². The summed E-state index contributed by atoms with van der Waals surface area (Å²) in [5.74, 6) is -0.654. The minimum Gasteiger partial charge on any atom is -0.322 e. The highest BCUT2D eigenvalue weighted by Gasteiger charge is 2.12. The summed E-state index contributed by atoms with van der Waals surface area (Å²) in [6.07, 6.45) is 1.45. The molecule has 2 amide bonds. The van der Waals surface area contributed by atoms with E-state index in [0.717, 1.165) is 5.56 Å². The highest BCUT2D eigenvalue weighted by Crippen LogP contribution is 2.13. The molecule has 1 aromatic heterocycles. The van der Waals surface area contributed by atoms with Crippen LogP contribution in [-0.2, 0) is 0 Å². The Hall–Kier alpha value is -3.47. The Bertz CT molecular complexity index is 908. The van der Waals surface area contributed by atoms with E-state index in [1.54, 1.807) is 18.2 Å². The molecule has 0 bridgehead atoms. The molecule has 0 spiro atoms. The summed E-state index contributed by atoms with van der Waals surface area (Å²) in [4.78, 5) is 28.7. The largest absolute Gasteiger partial charge is 0.322 e. The third-order valence-corrected chi connectivity index (χ3v) is 3.56. The van der Waals surface area contributed by atoms with Crippen LogP contribution in [-0.4, -0.2) is 16.8 Å². The fraction of sp³-hybridized carbons (Fsp3) is 0.0500. The number of aromatic nitrogens is 1. The maximum atomic E-state index is 12.4. The number of amides is 2. The minimum atomic E-state index is -0.364. The zero-order valence-electron chi connectivity index (χ0n) is 13.7. The van der Waals surface area contributed by atoms with Crippen molar-refractivity contribution in [3.63, 3.8) is 0 Å². The third kappa shape index (κ3) is 4.29. The molecule has 5 nitrogen and oxygen atoms in total. The summed E-state index contributed by atoms with van der Waals surface area (Å²) in [6.45, 7) is 1.95. The molecule has 0 aliphatic heterocycles. The van der Waals surface area contributed by atoms with E-state index in [9.17, 15) is 9.59 Å². The Morgan fingerprint density at radius 2 is 1.52 bits per heavy atom. The Morgan fingerprint density at radius 1 is 0.800 bits per heavy atom. The summed E-state index contributed by atoms with van der Waals surface area (Å²) >= 11 is 0. The molecule has 3 rings (SSSR count). The molecular weight excluding hydrogens is 314 g/mol. The van der Waals surface area contributed by atoms with Gasteiger partial charge in [0, 0.05) is 23.1 Å². The quantitative estimate of drug-likeness (QED) is 0.762. The first-order chi connectivity index (χ1) is 12.1. The fourth-order valence-corrected chi connectivity index (χ4v) is 2.34. The van der Waals surface area contributed by atoms with Crippen molar-refractivity contribution >= 4 is 23.2 Å². The normalized spacial score (nSPS) is 10.1. The predicted octanol–water partition coefficient (Wildman–Crippen LogP) is 3.89. The standard InChI is InChI=1S/C20H17N3O2/c1-14-6-5-9-17(12-14)23-19(24)15-10-11-21-18(13-15)20(25)22-16-7-3-2-4-8-16/h2-13H,1H3,(H,22,25)(H,23,24). The number of hydrogen-bond acceptors (Lipinski definition) is 3. The van der Waals surface area contributed by atoms with Crippen LogP contribution in [0.15, 0.2) is 72.9 Å². The highest BCUT2D eigenvalue weighted by atomic mass is 16.2. The van der Waals surface area contributed by atoms with Gasteiger partial charge in [-0.1, -0.05) is 30.3 Å². The first-order valence-corrected chi connectivity index (χ1v) is 7.82. The molecule has 124 valence electrons. The molecule has 0 radical (unpaired) electrons. The van der Waals surface area contributed by atoms with Crippen LogP contribution in [0.1, 0.15) is 26.4 Å². The van der Waals surface area contributed by atoms with Gasteiger partial charge in [-0.3, -0.25) is 14.6 Å². The molecule has 25 heavy (non-hydrogen) atoms. The molecule has 0 aliphatic carbocycles. The van der Waals surface area contributed by atoms with Crippen LogP contribution < -0.4 is 10.6 Å². The lowest BCUT2D eigenvalue weighted by Gasteiger charge is -2.08. The first-order valence-electron chi connectivity index (χ1n) is 7.82. The van der Waals surface area contributed by atoms with E-state index in [0.29, 0.717) is 16.9 Å². The average Bonchev–Trinajstić information content (AvgIpc) is 2.62. The van der Waals surface area contributed by atoms with Crippen molar-refractivity contribution in [2.75, 3.05) is 10.6 Å². The predicted molar refractivity (Wildman–Crippen MR) is 97.8 cm³/mol. The topological polar surface area (TPSA) is 71.1 Å². The molecule has 1 heterocycles. The third-order valence-electron chi connectivity index (χ3n) is 3.56. The number of hydrogen-bond donors (Lipinski definition) is 2. The lowest BCUT2D eigenvalue weighted by molar-refractivity contribution is 0.102. The summed E-state index contributed by atoms with van der Waals surface area (Å²) in [5.41, 5.74) is 2.98. The van der Waals surface area contributed by atoms with E-state index in [4.69, 9.17) is 0 Å². The van der Waals surface area contributed by atoms with Gasteiger partial charge in [0.15, 0.2) is 0 Å². The lowest BCUT2D eigenvalue weighted by atomic mass is 10.2. The second-order valence-corrected chi connectivity index (χ2v) is 5.57. The van der Waals surface area contributed by atoms with E-state index in [1.165, 1.54) is 12.3 Å². The van der Waals surface area contributed by atoms with Crippen molar-refractivity contribution in [1.82, 2.24) is 4.98 Å². The van der Waals surface area contributed by atoms with Gasteiger partial charge in [0.05, 0.1) is 0 Å². The van der Waals surface area contributed by atoms with Gasteiger partial charge in [-0.25, -0.2) is 0 Å².